The molecule has 2 amide bonds. The lowest BCUT2D eigenvalue weighted by Crippen LogP contribution is -2.51. The summed E-state index contributed by atoms with van der Waals surface area (Å²) < 4.78 is 1.12. The minimum Gasteiger partial charge on any atom is -0.339 e. The molecule has 2 aromatic rings. The van der Waals surface area contributed by atoms with Crippen LogP contribution in [0.25, 0.3) is 10.9 Å². The summed E-state index contributed by atoms with van der Waals surface area (Å²) in [5.41, 5.74) is -0.0499. The number of hydrogen-bond donors (Lipinski definition) is 1. The third-order valence-corrected chi connectivity index (χ3v) is 5.35. The van der Waals surface area contributed by atoms with Crippen LogP contribution in [0.1, 0.15) is 30.1 Å². The number of carbonyl (C=O) groups is 2. The van der Waals surface area contributed by atoms with Crippen molar-refractivity contribution in [1.29, 1.82) is 0 Å². The molecule has 27 heavy (non-hydrogen) atoms. The van der Waals surface area contributed by atoms with Crippen molar-refractivity contribution in [1.82, 2.24) is 19.4 Å². The average molecular weight is 370 g/mol. The van der Waals surface area contributed by atoms with Crippen LogP contribution in [-0.2, 0) is 11.3 Å². The summed E-state index contributed by atoms with van der Waals surface area (Å²) in [5, 5.41) is 0.382. The summed E-state index contributed by atoms with van der Waals surface area (Å²) in [6.07, 6.45) is 1.96. The van der Waals surface area contributed by atoms with Crippen molar-refractivity contribution >= 4 is 22.7 Å². The second kappa shape index (κ2) is 6.68. The van der Waals surface area contributed by atoms with Gasteiger partial charge in [0.05, 0.1) is 10.9 Å². The number of aromatic nitrogens is 2. The van der Waals surface area contributed by atoms with Gasteiger partial charge >= 0.3 is 5.69 Å². The third kappa shape index (κ3) is 3.15. The maximum atomic E-state index is 12.8. The number of carbonyl (C=O) groups excluding carboxylic acids is 2. The maximum Gasteiger partial charge on any atom is 0.328 e. The Morgan fingerprint density at radius 1 is 1.07 bits per heavy atom. The molecule has 142 valence electrons. The molecule has 1 aromatic heterocycles. The van der Waals surface area contributed by atoms with Gasteiger partial charge in [-0.25, -0.2) is 4.79 Å². The predicted molar refractivity (Wildman–Crippen MR) is 99.7 cm³/mol. The molecular weight excluding hydrogens is 348 g/mol. The van der Waals surface area contributed by atoms with Crippen LogP contribution in [0.15, 0.2) is 27.8 Å². The standard InChI is InChI=1S/C19H22N4O4/c1-2-23-18(26)14-6-5-13(11-15(14)20-19(23)27)17(25)22-9-7-21(8-10-22)16(24)12-3-4-12/h5-6,11-12H,2-4,7-10H2,1H3,(H,20,27). The fourth-order valence-electron chi connectivity index (χ4n) is 3.58. The molecule has 8 nitrogen and oxygen atoms in total. The molecule has 1 aliphatic heterocycles. The van der Waals surface area contributed by atoms with Crippen molar-refractivity contribution in [2.45, 2.75) is 26.3 Å². The molecular formula is C19H22N4O4. The Morgan fingerprint density at radius 2 is 1.74 bits per heavy atom. The van der Waals surface area contributed by atoms with E-state index in [2.05, 4.69) is 4.98 Å². The summed E-state index contributed by atoms with van der Waals surface area (Å²) in [5.74, 6) is 0.241. The lowest BCUT2D eigenvalue weighted by molar-refractivity contribution is -0.134. The molecule has 0 unspecified atom stereocenters. The van der Waals surface area contributed by atoms with Gasteiger partial charge in [-0.1, -0.05) is 0 Å². The first-order valence-corrected chi connectivity index (χ1v) is 9.34. The number of benzene rings is 1. The van der Waals surface area contributed by atoms with E-state index < -0.39 is 5.69 Å². The van der Waals surface area contributed by atoms with Crippen LogP contribution in [0.4, 0.5) is 0 Å². The molecule has 1 N–H and O–H groups in total. The molecule has 2 fully saturated rings. The molecule has 4 rings (SSSR count). The summed E-state index contributed by atoms with van der Waals surface area (Å²) in [7, 11) is 0. The first-order chi connectivity index (χ1) is 13.0. The minimum absolute atomic E-state index is 0.157. The molecule has 0 spiro atoms. The van der Waals surface area contributed by atoms with Crippen LogP contribution in [0.5, 0.6) is 0 Å². The zero-order valence-electron chi connectivity index (χ0n) is 15.2. The Balaban J connectivity index is 1.54. The highest BCUT2D eigenvalue weighted by molar-refractivity contribution is 5.97. The van der Waals surface area contributed by atoms with E-state index in [1.807, 2.05) is 4.90 Å². The van der Waals surface area contributed by atoms with Gasteiger partial charge in [0.15, 0.2) is 0 Å². The van der Waals surface area contributed by atoms with Crippen molar-refractivity contribution in [2.24, 2.45) is 5.92 Å². The minimum atomic E-state index is -0.480. The number of nitrogens with zero attached hydrogens (tertiary/aromatic N) is 3. The zero-order chi connectivity index (χ0) is 19.1. The van der Waals surface area contributed by atoms with E-state index in [4.69, 9.17) is 0 Å². The zero-order valence-corrected chi connectivity index (χ0v) is 15.2. The van der Waals surface area contributed by atoms with Gasteiger partial charge in [0.2, 0.25) is 5.91 Å². The highest BCUT2D eigenvalue weighted by Gasteiger charge is 2.35. The average Bonchev–Trinajstić information content (AvgIpc) is 3.52. The second-order valence-electron chi connectivity index (χ2n) is 7.13. The first kappa shape index (κ1) is 17.5. The van der Waals surface area contributed by atoms with Gasteiger partial charge in [-0.05, 0) is 38.0 Å². The van der Waals surface area contributed by atoms with Gasteiger partial charge in [-0.2, -0.15) is 0 Å². The summed E-state index contributed by atoms with van der Waals surface area (Å²) in [6, 6.07) is 4.76. The smallest absolute Gasteiger partial charge is 0.328 e. The van der Waals surface area contributed by atoms with Crippen molar-refractivity contribution in [3.05, 3.63) is 44.6 Å². The largest absolute Gasteiger partial charge is 0.339 e. The molecule has 1 aromatic carbocycles. The van der Waals surface area contributed by atoms with E-state index in [0.29, 0.717) is 42.6 Å². The second-order valence-corrected chi connectivity index (χ2v) is 7.13. The molecule has 0 radical (unpaired) electrons. The fraction of sp³-hybridized carbons (Fsp3) is 0.474. The lowest BCUT2D eigenvalue weighted by atomic mass is 10.1. The Kier molecular flexibility index (Phi) is 4.33. The molecule has 2 aliphatic rings. The Hall–Kier alpha value is -2.90. The number of rotatable bonds is 3. The summed E-state index contributed by atoms with van der Waals surface area (Å²) >= 11 is 0. The van der Waals surface area contributed by atoms with E-state index >= 15 is 0 Å². The maximum absolute atomic E-state index is 12.8. The van der Waals surface area contributed by atoms with Gasteiger partial charge in [0, 0.05) is 44.2 Å². The third-order valence-electron chi connectivity index (χ3n) is 5.35. The monoisotopic (exact) mass is 370 g/mol. The van der Waals surface area contributed by atoms with Crippen LogP contribution < -0.4 is 11.2 Å². The Morgan fingerprint density at radius 3 is 2.37 bits per heavy atom. The fourth-order valence-corrected chi connectivity index (χ4v) is 3.58. The van der Waals surface area contributed by atoms with E-state index in [9.17, 15) is 19.2 Å². The van der Waals surface area contributed by atoms with Crippen LogP contribution in [0.2, 0.25) is 0 Å². The van der Waals surface area contributed by atoms with Crippen molar-refractivity contribution in [3.8, 4) is 0 Å². The number of fused-ring (bicyclic) bond motifs is 1. The predicted octanol–water partition coefficient (Wildman–Crippen LogP) is 0.404. The van der Waals surface area contributed by atoms with Crippen molar-refractivity contribution in [3.63, 3.8) is 0 Å². The highest BCUT2D eigenvalue weighted by atomic mass is 16.2. The molecule has 1 saturated heterocycles. The van der Waals surface area contributed by atoms with Crippen molar-refractivity contribution in [2.75, 3.05) is 26.2 Å². The van der Waals surface area contributed by atoms with Crippen LogP contribution in [0.3, 0.4) is 0 Å². The Labute approximate surface area is 155 Å². The molecule has 8 heteroatoms. The molecule has 1 aliphatic carbocycles. The highest BCUT2D eigenvalue weighted by Crippen LogP contribution is 2.31. The summed E-state index contributed by atoms with van der Waals surface area (Å²) in [6.45, 7) is 4.09. The van der Waals surface area contributed by atoms with E-state index in [-0.39, 0.29) is 29.8 Å². The summed E-state index contributed by atoms with van der Waals surface area (Å²) in [4.78, 5) is 55.5. The molecule has 0 bridgehead atoms. The molecule has 1 saturated carbocycles. The Bertz CT molecular complexity index is 1030. The topological polar surface area (TPSA) is 95.5 Å². The van der Waals surface area contributed by atoms with Crippen molar-refractivity contribution < 1.29 is 9.59 Å². The SMILES string of the molecule is CCn1c(=O)[nH]c2cc(C(=O)N3CCN(C(=O)C4CC4)CC3)ccc2c1=O. The number of amides is 2. The number of H-pyrrole nitrogens is 1. The molecule has 2 heterocycles. The van der Waals surface area contributed by atoms with Gasteiger partial charge < -0.3 is 14.8 Å². The number of aromatic amines is 1. The normalized spacial score (nSPS) is 17.4. The lowest BCUT2D eigenvalue weighted by Gasteiger charge is -2.35. The van der Waals surface area contributed by atoms with E-state index in [1.54, 1.807) is 30.0 Å². The number of hydrogen-bond acceptors (Lipinski definition) is 4. The first-order valence-electron chi connectivity index (χ1n) is 9.34. The molecule has 0 atom stereocenters. The number of piperazine rings is 1. The van der Waals surface area contributed by atoms with Gasteiger partial charge in [-0.15, -0.1) is 0 Å². The van der Waals surface area contributed by atoms with Gasteiger partial charge in [0.1, 0.15) is 0 Å². The van der Waals surface area contributed by atoms with Gasteiger partial charge in [0.25, 0.3) is 11.5 Å². The number of nitrogens with one attached hydrogen (secondary N) is 1. The van der Waals surface area contributed by atoms with Crippen LogP contribution in [0, 0.1) is 5.92 Å². The van der Waals surface area contributed by atoms with Gasteiger partial charge in [-0.3, -0.25) is 19.0 Å². The van der Waals surface area contributed by atoms with Crippen LogP contribution in [-0.4, -0.2) is 57.3 Å². The van der Waals surface area contributed by atoms with Crippen LogP contribution >= 0.6 is 0 Å². The quantitative estimate of drug-likeness (QED) is 0.846. The van der Waals surface area contributed by atoms with E-state index in [1.165, 1.54) is 0 Å². The van der Waals surface area contributed by atoms with E-state index in [0.717, 1.165) is 17.4 Å².